The quantitative estimate of drug-likeness (QED) is 0.496. The third kappa shape index (κ3) is 4.51. The van der Waals surface area contributed by atoms with Crippen molar-refractivity contribution in [1.29, 1.82) is 0 Å². The van der Waals surface area contributed by atoms with Gasteiger partial charge in [-0.25, -0.2) is 19.2 Å². The fraction of sp³-hybridized carbons (Fsp3) is 0.222. The molecule has 4 rings (SSSR count). The second-order valence-electron chi connectivity index (χ2n) is 6.08. The lowest BCUT2D eigenvalue weighted by Crippen LogP contribution is -2.30. The first-order chi connectivity index (χ1) is 14.1. The molecule has 4 aromatic rings. The standard InChI is InChI=1S/C18H16FN7O2S/c1-10(19)15-24-14(26-28-15)6-8-21-17(27)25-18-23-13-5-4-12(22-16(13)29-18)11-3-2-7-20-9-11/h2-5,7,9-10H,6,8H2,1H3,(H2,21,23,25,27). The largest absolute Gasteiger partial charge is 0.337 e. The Morgan fingerprint density at radius 1 is 1.28 bits per heavy atom. The van der Waals surface area contributed by atoms with Crippen molar-refractivity contribution in [2.24, 2.45) is 0 Å². The molecule has 4 aromatic heterocycles. The highest BCUT2D eigenvalue weighted by Crippen LogP contribution is 2.27. The monoisotopic (exact) mass is 413 g/mol. The maximum absolute atomic E-state index is 13.1. The Morgan fingerprint density at radius 3 is 2.93 bits per heavy atom. The lowest BCUT2D eigenvalue weighted by Gasteiger charge is -2.03. The van der Waals surface area contributed by atoms with Crippen LogP contribution in [-0.4, -0.2) is 37.7 Å². The van der Waals surface area contributed by atoms with Crippen LogP contribution >= 0.6 is 11.3 Å². The number of hydrogen-bond acceptors (Lipinski definition) is 8. The lowest BCUT2D eigenvalue weighted by atomic mass is 10.2. The Balaban J connectivity index is 1.35. The van der Waals surface area contributed by atoms with E-state index in [-0.39, 0.29) is 12.4 Å². The van der Waals surface area contributed by atoms with E-state index < -0.39 is 12.2 Å². The van der Waals surface area contributed by atoms with Gasteiger partial charge in [0.1, 0.15) is 10.3 Å². The summed E-state index contributed by atoms with van der Waals surface area (Å²) in [5.41, 5.74) is 2.38. The van der Waals surface area contributed by atoms with E-state index in [1.807, 2.05) is 24.3 Å². The number of amides is 2. The van der Waals surface area contributed by atoms with Crippen molar-refractivity contribution in [3.05, 3.63) is 48.4 Å². The smallest absolute Gasteiger partial charge is 0.321 e. The van der Waals surface area contributed by atoms with Gasteiger partial charge >= 0.3 is 6.03 Å². The Bertz CT molecular complexity index is 1130. The van der Waals surface area contributed by atoms with Crippen LogP contribution in [0.1, 0.15) is 24.8 Å². The van der Waals surface area contributed by atoms with E-state index in [1.54, 1.807) is 12.4 Å². The maximum atomic E-state index is 13.1. The van der Waals surface area contributed by atoms with Crippen LogP contribution in [0.2, 0.25) is 0 Å². The molecule has 0 aliphatic heterocycles. The number of anilines is 1. The molecule has 9 nitrogen and oxygen atoms in total. The van der Waals surface area contributed by atoms with Gasteiger partial charge in [0.15, 0.2) is 17.1 Å². The van der Waals surface area contributed by atoms with E-state index in [4.69, 9.17) is 4.52 Å². The number of alkyl halides is 1. The zero-order valence-corrected chi connectivity index (χ0v) is 16.1. The summed E-state index contributed by atoms with van der Waals surface area (Å²) < 4.78 is 17.8. The van der Waals surface area contributed by atoms with E-state index in [1.165, 1.54) is 18.3 Å². The Labute approximate surface area is 168 Å². The van der Waals surface area contributed by atoms with Crippen LogP contribution in [0.3, 0.4) is 0 Å². The normalized spacial score (nSPS) is 12.1. The summed E-state index contributed by atoms with van der Waals surface area (Å²) in [5.74, 6) is 0.258. The first-order valence-electron chi connectivity index (χ1n) is 8.78. The van der Waals surface area contributed by atoms with Crippen LogP contribution in [0.15, 0.2) is 41.2 Å². The van der Waals surface area contributed by atoms with Gasteiger partial charge in [0.05, 0.1) is 5.69 Å². The van der Waals surface area contributed by atoms with Gasteiger partial charge in [-0.05, 0) is 31.2 Å². The van der Waals surface area contributed by atoms with Gasteiger partial charge in [0.2, 0.25) is 0 Å². The number of carbonyl (C=O) groups is 1. The third-order valence-corrected chi connectivity index (χ3v) is 4.77. The van der Waals surface area contributed by atoms with Gasteiger partial charge in [-0.2, -0.15) is 4.98 Å². The van der Waals surface area contributed by atoms with Gasteiger partial charge in [0, 0.05) is 30.9 Å². The average molecular weight is 413 g/mol. The van der Waals surface area contributed by atoms with Crippen LogP contribution in [0.5, 0.6) is 0 Å². The SMILES string of the molecule is CC(F)c1nc(CCNC(=O)Nc2nc3ccc(-c4cccnc4)nc3s2)no1. The summed E-state index contributed by atoms with van der Waals surface area (Å²) in [6, 6.07) is 7.07. The van der Waals surface area contributed by atoms with Gasteiger partial charge in [-0.3, -0.25) is 10.3 Å². The van der Waals surface area contributed by atoms with Crippen molar-refractivity contribution < 1.29 is 13.7 Å². The van der Waals surface area contributed by atoms with E-state index in [2.05, 4.69) is 35.7 Å². The molecule has 1 atom stereocenters. The Morgan fingerprint density at radius 2 is 2.17 bits per heavy atom. The second kappa shape index (κ2) is 8.27. The number of hydrogen-bond donors (Lipinski definition) is 2. The number of rotatable bonds is 6. The van der Waals surface area contributed by atoms with Gasteiger partial charge < -0.3 is 9.84 Å². The molecule has 1 unspecified atom stereocenters. The van der Waals surface area contributed by atoms with Crippen molar-refractivity contribution in [2.45, 2.75) is 19.5 Å². The highest BCUT2D eigenvalue weighted by Gasteiger charge is 2.13. The average Bonchev–Trinajstić information content (AvgIpc) is 3.34. The molecule has 0 aromatic carbocycles. The van der Waals surface area contributed by atoms with Crippen molar-refractivity contribution in [3.63, 3.8) is 0 Å². The molecular weight excluding hydrogens is 397 g/mol. The molecule has 0 saturated heterocycles. The van der Waals surface area contributed by atoms with Gasteiger partial charge in [0.25, 0.3) is 5.89 Å². The summed E-state index contributed by atoms with van der Waals surface area (Å²) in [4.78, 5) is 29.7. The molecule has 29 heavy (non-hydrogen) atoms. The van der Waals surface area contributed by atoms with E-state index in [9.17, 15) is 9.18 Å². The first kappa shape index (κ1) is 18.9. The summed E-state index contributed by atoms with van der Waals surface area (Å²) in [5, 5.41) is 9.44. The lowest BCUT2D eigenvalue weighted by molar-refractivity contribution is 0.252. The highest BCUT2D eigenvalue weighted by molar-refractivity contribution is 7.21. The van der Waals surface area contributed by atoms with Gasteiger partial charge in [-0.1, -0.05) is 16.5 Å². The molecule has 148 valence electrons. The minimum absolute atomic E-state index is 0.0721. The number of aromatic nitrogens is 5. The fourth-order valence-corrected chi connectivity index (χ4v) is 3.34. The van der Waals surface area contributed by atoms with Crippen molar-refractivity contribution in [2.75, 3.05) is 11.9 Å². The minimum atomic E-state index is -1.32. The molecule has 0 spiro atoms. The number of halogens is 1. The Kier molecular flexibility index (Phi) is 5.38. The molecule has 0 aliphatic rings. The molecule has 4 heterocycles. The zero-order chi connectivity index (χ0) is 20.2. The molecule has 0 fully saturated rings. The molecule has 0 aliphatic carbocycles. The number of carbonyl (C=O) groups excluding carboxylic acids is 1. The Hall–Kier alpha value is -3.47. The molecular formula is C18H16FN7O2S. The van der Waals surface area contributed by atoms with Crippen LogP contribution in [0, 0.1) is 0 Å². The van der Waals surface area contributed by atoms with Crippen molar-refractivity contribution in [1.82, 2.24) is 30.4 Å². The van der Waals surface area contributed by atoms with E-state index >= 15 is 0 Å². The summed E-state index contributed by atoms with van der Waals surface area (Å²) in [6.07, 6.45) is 2.44. The number of nitrogens with one attached hydrogen (secondary N) is 2. The summed E-state index contributed by atoms with van der Waals surface area (Å²) in [6.45, 7) is 1.58. The number of nitrogens with zero attached hydrogens (tertiary/aromatic N) is 5. The second-order valence-corrected chi connectivity index (χ2v) is 7.05. The molecule has 0 radical (unpaired) electrons. The topological polar surface area (TPSA) is 119 Å². The number of fused-ring (bicyclic) bond motifs is 1. The molecule has 2 amide bonds. The summed E-state index contributed by atoms with van der Waals surface area (Å²) in [7, 11) is 0. The molecule has 2 N–H and O–H groups in total. The van der Waals surface area contributed by atoms with Gasteiger partial charge in [-0.15, -0.1) is 0 Å². The van der Waals surface area contributed by atoms with Crippen LogP contribution in [-0.2, 0) is 6.42 Å². The predicted molar refractivity (Wildman–Crippen MR) is 105 cm³/mol. The highest BCUT2D eigenvalue weighted by atomic mass is 32.1. The number of thiazole rings is 1. The van der Waals surface area contributed by atoms with Crippen LogP contribution < -0.4 is 10.6 Å². The number of pyridine rings is 2. The third-order valence-electron chi connectivity index (χ3n) is 3.89. The first-order valence-corrected chi connectivity index (χ1v) is 9.59. The fourth-order valence-electron chi connectivity index (χ4n) is 2.51. The van der Waals surface area contributed by atoms with E-state index in [0.717, 1.165) is 11.3 Å². The number of urea groups is 1. The van der Waals surface area contributed by atoms with Crippen LogP contribution in [0.25, 0.3) is 21.6 Å². The molecule has 0 bridgehead atoms. The molecule has 0 saturated carbocycles. The molecule has 11 heteroatoms. The summed E-state index contributed by atoms with van der Waals surface area (Å²) >= 11 is 1.27. The minimum Gasteiger partial charge on any atom is -0.337 e. The zero-order valence-electron chi connectivity index (χ0n) is 15.3. The van der Waals surface area contributed by atoms with E-state index in [0.29, 0.717) is 27.7 Å². The maximum Gasteiger partial charge on any atom is 0.321 e. The van der Waals surface area contributed by atoms with Crippen molar-refractivity contribution in [3.8, 4) is 11.3 Å². The van der Waals surface area contributed by atoms with Crippen LogP contribution in [0.4, 0.5) is 14.3 Å². The van der Waals surface area contributed by atoms with Crippen molar-refractivity contribution >= 4 is 32.8 Å². The predicted octanol–water partition coefficient (Wildman–Crippen LogP) is 3.53.